The molecule has 2 aromatic heterocycles. The van der Waals surface area contributed by atoms with Crippen LogP contribution in [0.25, 0.3) is 11.2 Å². The summed E-state index contributed by atoms with van der Waals surface area (Å²) in [5, 5.41) is 0.235. The monoisotopic (exact) mass is 423 g/mol. The van der Waals surface area contributed by atoms with Crippen molar-refractivity contribution >= 4 is 28.7 Å². The van der Waals surface area contributed by atoms with Crippen molar-refractivity contribution in [3.63, 3.8) is 0 Å². The molecule has 4 atom stereocenters. The van der Waals surface area contributed by atoms with E-state index in [0.29, 0.717) is 11.2 Å². The molecule has 2 aliphatic heterocycles. The molecule has 4 heterocycles. The Labute approximate surface area is 174 Å². The van der Waals surface area contributed by atoms with Crippen molar-refractivity contribution in [3.05, 3.63) is 17.8 Å². The molecule has 2 saturated heterocycles. The maximum absolute atomic E-state index is 13.3. The summed E-state index contributed by atoms with van der Waals surface area (Å²) in [7, 11) is 3.38. The van der Waals surface area contributed by atoms with Crippen molar-refractivity contribution in [1.29, 1.82) is 0 Å². The predicted molar refractivity (Wildman–Crippen MR) is 105 cm³/mol. The molecule has 4 unspecified atom stereocenters. The molecule has 2 aromatic rings. The van der Waals surface area contributed by atoms with Crippen LogP contribution >= 0.6 is 11.6 Å². The quantitative estimate of drug-likeness (QED) is 0.684. The van der Waals surface area contributed by atoms with Crippen LogP contribution < -0.4 is 0 Å². The van der Waals surface area contributed by atoms with Crippen molar-refractivity contribution < 1.29 is 19.0 Å². The minimum absolute atomic E-state index is 0.228. The number of amides is 1. The maximum Gasteiger partial charge on any atom is 0.257 e. The van der Waals surface area contributed by atoms with E-state index in [-0.39, 0.29) is 11.1 Å². The van der Waals surface area contributed by atoms with Gasteiger partial charge in [-0.15, -0.1) is 0 Å². The summed E-state index contributed by atoms with van der Waals surface area (Å²) in [5.41, 5.74) is -3.81. The summed E-state index contributed by atoms with van der Waals surface area (Å²) in [5.74, 6) is -1.17. The molecule has 0 spiro atoms. The van der Waals surface area contributed by atoms with E-state index in [2.05, 4.69) is 15.0 Å². The molecule has 29 heavy (non-hydrogen) atoms. The zero-order chi connectivity index (χ0) is 21.6. The Bertz CT molecular complexity index is 1030. The van der Waals surface area contributed by atoms with Crippen LogP contribution in [0.4, 0.5) is 0 Å². The topological polar surface area (TPSA) is 91.6 Å². The zero-order valence-corrected chi connectivity index (χ0v) is 18.7. The Balaban J connectivity index is 2.01. The van der Waals surface area contributed by atoms with E-state index >= 15 is 0 Å². The molecular weight excluding hydrogens is 398 g/mol. The first-order valence-electron chi connectivity index (χ1n) is 9.39. The zero-order valence-electron chi connectivity index (χ0n) is 17.9. The third kappa shape index (κ3) is 2.27. The summed E-state index contributed by atoms with van der Waals surface area (Å²) < 4.78 is 21.2. The van der Waals surface area contributed by atoms with Crippen molar-refractivity contribution in [1.82, 2.24) is 24.4 Å². The molecule has 0 N–H and O–H groups in total. The smallest absolute Gasteiger partial charge is 0.257 e. The number of fused-ring (bicyclic) bond motifs is 2. The Kier molecular flexibility index (Phi) is 3.99. The first-order valence-corrected chi connectivity index (χ1v) is 9.76. The number of rotatable bonds is 2. The Hall–Kier alpha value is -1.81. The third-order valence-electron chi connectivity index (χ3n) is 6.57. The summed E-state index contributed by atoms with van der Waals surface area (Å²) >= 11 is 6.20. The third-order valence-corrected chi connectivity index (χ3v) is 6.85. The lowest BCUT2D eigenvalue weighted by Gasteiger charge is -2.41. The highest BCUT2D eigenvalue weighted by atomic mass is 35.5. The molecule has 0 aromatic carbocycles. The van der Waals surface area contributed by atoms with E-state index in [1.54, 1.807) is 31.9 Å². The second kappa shape index (κ2) is 5.66. The maximum atomic E-state index is 13.3. The standard InChI is InChI=1S/C19H26ClN5O4/c1-15(2)27-17(4)16(3,14(26)24(7)8)29-19(6,18(17,5)28-15)25-10-23-11-12(20)21-9-22-13(11)25/h9-10H,1-8H3. The first kappa shape index (κ1) is 20.5. The van der Waals surface area contributed by atoms with Crippen LogP contribution in [-0.4, -0.2) is 67.0 Å². The van der Waals surface area contributed by atoms with Gasteiger partial charge in [-0.25, -0.2) is 15.0 Å². The molecule has 1 amide bonds. The van der Waals surface area contributed by atoms with E-state index in [4.69, 9.17) is 25.8 Å². The molecule has 0 radical (unpaired) electrons. The Morgan fingerprint density at radius 3 is 2.24 bits per heavy atom. The number of aromatic nitrogens is 4. The van der Waals surface area contributed by atoms with E-state index in [0.717, 1.165) is 0 Å². The van der Waals surface area contributed by atoms with Crippen molar-refractivity contribution in [2.45, 2.75) is 69.9 Å². The van der Waals surface area contributed by atoms with Gasteiger partial charge in [-0.05, 0) is 41.5 Å². The van der Waals surface area contributed by atoms with Crippen LogP contribution in [0.1, 0.15) is 41.5 Å². The summed E-state index contributed by atoms with van der Waals surface area (Å²) in [4.78, 5) is 27.6. The fourth-order valence-electron chi connectivity index (χ4n) is 4.95. The van der Waals surface area contributed by atoms with E-state index < -0.39 is 28.3 Å². The van der Waals surface area contributed by atoms with Crippen LogP contribution in [0, 0.1) is 0 Å². The number of nitrogens with zero attached hydrogens (tertiary/aromatic N) is 5. The lowest BCUT2D eigenvalue weighted by Crippen LogP contribution is -2.63. The minimum atomic E-state index is -1.35. The van der Waals surface area contributed by atoms with Crippen molar-refractivity contribution in [2.24, 2.45) is 0 Å². The van der Waals surface area contributed by atoms with E-state index in [1.165, 1.54) is 11.2 Å². The number of likely N-dealkylation sites (N-methyl/N-ethyl adjacent to an activating group) is 1. The van der Waals surface area contributed by atoms with Gasteiger partial charge in [0, 0.05) is 14.1 Å². The van der Waals surface area contributed by atoms with Gasteiger partial charge in [0.25, 0.3) is 5.91 Å². The molecule has 9 nitrogen and oxygen atoms in total. The second-order valence-corrected chi connectivity index (χ2v) is 9.30. The second-order valence-electron chi connectivity index (χ2n) is 8.94. The Morgan fingerprint density at radius 1 is 1.00 bits per heavy atom. The number of carbonyl (C=O) groups is 1. The fourth-order valence-corrected chi connectivity index (χ4v) is 5.13. The molecule has 158 valence electrons. The van der Waals surface area contributed by atoms with Crippen molar-refractivity contribution in [2.75, 3.05) is 14.1 Å². The fraction of sp³-hybridized carbons (Fsp3) is 0.684. The molecular formula is C19H26ClN5O4. The van der Waals surface area contributed by atoms with Gasteiger partial charge in [-0.3, -0.25) is 9.36 Å². The molecule has 4 rings (SSSR count). The van der Waals surface area contributed by atoms with Gasteiger partial charge in [0.15, 0.2) is 27.9 Å². The summed E-state index contributed by atoms with van der Waals surface area (Å²) in [6.07, 6.45) is 2.94. The van der Waals surface area contributed by atoms with Gasteiger partial charge in [0.1, 0.15) is 23.0 Å². The lowest BCUT2D eigenvalue weighted by molar-refractivity contribution is -0.268. The highest BCUT2D eigenvalue weighted by Crippen LogP contribution is 2.64. The SMILES string of the molecule is CN(C)C(=O)C1(C)OC(C)(n2cnc3c(Cl)ncnc32)C2(C)OC(C)(C)OC12C. The van der Waals surface area contributed by atoms with Crippen molar-refractivity contribution in [3.8, 4) is 0 Å². The molecule has 0 aliphatic carbocycles. The molecule has 0 bridgehead atoms. The number of halogens is 1. The van der Waals surface area contributed by atoms with Crippen LogP contribution in [0.2, 0.25) is 5.15 Å². The van der Waals surface area contributed by atoms with E-state index in [9.17, 15) is 4.79 Å². The van der Waals surface area contributed by atoms with Gasteiger partial charge in [0.05, 0.1) is 6.33 Å². The largest absolute Gasteiger partial charge is 0.346 e. The molecule has 2 aliphatic rings. The predicted octanol–water partition coefficient (Wildman–Crippen LogP) is 2.33. The first-order chi connectivity index (χ1) is 13.2. The summed E-state index contributed by atoms with van der Waals surface area (Å²) in [6, 6.07) is 0. The van der Waals surface area contributed by atoms with Crippen LogP contribution in [0.15, 0.2) is 12.7 Å². The summed E-state index contributed by atoms with van der Waals surface area (Å²) in [6.45, 7) is 11.0. The average molecular weight is 424 g/mol. The van der Waals surface area contributed by atoms with Crippen LogP contribution in [-0.2, 0) is 24.7 Å². The number of hydrogen-bond acceptors (Lipinski definition) is 7. The van der Waals surface area contributed by atoms with Gasteiger partial charge in [-0.2, -0.15) is 0 Å². The number of ether oxygens (including phenoxy) is 3. The Morgan fingerprint density at radius 2 is 1.62 bits per heavy atom. The number of hydrogen-bond donors (Lipinski definition) is 0. The van der Waals surface area contributed by atoms with Gasteiger partial charge < -0.3 is 19.1 Å². The number of carbonyl (C=O) groups excluding carboxylic acids is 1. The van der Waals surface area contributed by atoms with E-state index in [1.807, 2.05) is 34.6 Å². The van der Waals surface area contributed by atoms with Gasteiger partial charge >= 0.3 is 0 Å². The molecule has 10 heteroatoms. The molecule has 0 saturated carbocycles. The minimum Gasteiger partial charge on any atom is -0.346 e. The lowest BCUT2D eigenvalue weighted by atomic mass is 9.72. The van der Waals surface area contributed by atoms with Crippen LogP contribution in [0.5, 0.6) is 0 Å². The van der Waals surface area contributed by atoms with Gasteiger partial charge in [0.2, 0.25) is 0 Å². The molecule has 2 fully saturated rings. The van der Waals surface area contributed by atoms with Gasteiger partial charge in [-0.1, -0.05) is 11.6 Å². The highest BCUT2D eigenvalue weighted by Gasteiger charge is 2.82. The highest BCUT2D eigenvalue weighted by molar-refractivity contribution is 6.33. The van der Waals surface area contributed by atoms with Crippen LogP contribution in [0.3, 0.4) is 0 Å². The average Bonchev–Trinajstić information content (AvgIpc) is 3.15. The number of imidazole rings is 1. The normalized spacial score (nSPS) is 38.4.